The number of nitrogens with zero attached hydrogens (tertiary/aromatic N) is 3. The molecule has 5 heteroatoms. The molecular weight excluding hydrogens is 601 g/mol. The summed E-state index contributed by atoms with van der Waals surface area (Å²) in [6.07, 6.45) is 2.24. The Morgan fingerprint density at radius 1 is 0.490 bits per heavy atom. The van der Waals surface area contributed by atoms with E-state index in [-0.39, 0.29) is 0 Å². The van der Waals surface area contributed by atoms with Gasteiger partial charge in [0.1, 0.15) is 5.58 Å². The first-order valence-electron chi connectivity index (χ1n) is 16.5. The topological polar surface area (TPSA) is 63.8 Å². The summed E-state index contributed by atoms with van der Waals surface area (Å²) in [6, 6.07) is 50.4. The first-order chi connectivity index (χ1) is 24.3. The third kappa shape index (κ3) is 4.44. The van der Waals surface area contributed by atoms with E-state index in [9.17, 15) is 0 Å². The highest BCUT2D eigenvalue weighted by Gasteiger charge is 2.27. The minimum Gasteiger partial charge on any atom is -0.454 e. The Morgan fingerprint density at radius 2 is 1.12 bits per heavy atom. The van der Waals surface area contributed by atoms with E-state index in [0.29, 0.717) is 24.0 Å². The maximum Gasteiger partial charge on any atom is 0.164 e. The summed E-state index contributed by atoms with van der Waals surface area (Å²) in [7, 11) is 0. The van der Waals surface area contributed by atoms with Crippen LogP contribution in [-0.2, 0) is 0 Å². The normalized spacial score (nSPS) is 12.7. The maximum absolute atomic E-state index is 6.78. The van der Waals surface area contributed by atoms with Gasteiger partial charge < -0.3 is 9.73 Å². The number of hydrogen-bond donors (Lipinski definition) is 1. The molecule has 5 nitrogen and oxygen atoms in total. The zero-order chi connectivity index (χ0) is 32.3. The Bertz CT molecular complexity index is 2710. The lowest BCUT2D eigenvalue weighted by Gasteiger charge is -2.19. The van der Waals surface area contributed by atoms with Gasteiger partial charge in [-0.05, 0) is 50.0 Å². The van der Waals surface area contributed by atoms with E-state index in [0.717, 1.165) is 50.2 Å². The van der Waals surface area contributed by atoms with Gasteiger partial charge in [0, 0.05) is 28.8 Å². The molecule has 1 aliphatic heterocycles. The van der Waals surface area contributed by atoms with Gasteiger partial charge in [-0.1, -0.05) is 140 Å². The van der Waals surface area contributed by atoms with Gasteiger partial charge in [0.05, 0.1) is 11.1 Å². The first-order valence-corrected chi connectivity index (χ1v) is 16.5. The lowest BCUT2D eigenvalue weighted by atomic mass is 9.89. The molecule has 0 radical (unpaired) electrons. The molecule has 1 N–H and O–H groups in total. The quantitative estimate of drug-likeness (QED) is 0.197. The molecule has 10 rings (SSSR count). The summed E-state index contributed by atoms with van der Waals surface area (Å²) < 4.78 is 6.78. The van der Waals surface area contributed by atoms with E-state index in [1.165, 1.54) is 32.3 Å². The molecule has 0 fully saturated rings. The summed E-state index contributed by atoms with van der Waals surface area (Å²) in [5.41, 5.74) is 6.72. The van der Waals surface area contributed by atoms with Crippen molar-refractivity contribution in [2.24, 2.45) is 0 Å². The molecule has 1 aliphatic rings. The number of furan rings is 1. The van der Waals surface area contributed by atoms with Gasteiger partial charge in [-0.15, -0.1) is 0 Å². The number of fused-ring (bicyclic) bond motifs is 8. The second-order valence-corrected chi connectivity index (χ2v) is 12.4. The molecule has 2 aromatic heterocycles. The molecule has 7 aromatic carbocycles. The summed E-state index contributed by atoms with van der Waals surface area (Å²) >= 11 is 0. The Kier molecular flexibility index (Phi) is 6.18. The standard InChI is InChI=1S/C44H28N4O/c1-3-13-28(14-4-1)42-46-43(29-15-5-2-6-16-29)48-44(47-42)35-20-11-21-37-39(35)40-41(49-37)34(24-25-45-40)36-26-30-23-22-27-12-7-8-17-31(27)38(30)33-19-10-9-18-32(33)36/h1-24,26,45H,25H2. The molecule has 9 aromatic rings. The monoisotopic (exact) mass is 628 g/mol. The number of aromatic nitrogens is 3. The molecule has 49 heavy (non-hydrogen) atoms. The van der Waals surface area contributed by atoms with Crippen LogP contribution in [0.2, 0.25) is 0 Å². The Balaban J connectivity index is 1.19. The highest BCUT2D eigenvalue weighted by Crippen LogP contribution is 2.46. The average Bonchev–Trinajstić information content (AvgIpc) is 3.57. The molecule has 0 amide bonds. The summed E-state index contributed by atoms with van der Waals surface area (Å²) in [6.45, 7) is 0.664. The van der Waals surface area contributed by atoms with E-state index in [1.54, 1.807) is 0 Å². The fourth-order valence-corrected chi connectivity index (χ4v) is 7.30. The SMILES string of the molecule is C1=C(c2cc3ccc4ccccc4c3c3ccccc23)c2oc3cccc(-c4nc(-c5ccccc5)nc(-c5ccccc5)n4)c3c2NC1. The molecule has 0 aliphatic carbocycles. The number of nitrogens with one attached hydrogen (secondary N) is 1. The minimum absolute atomic E-state index is 0.600. The third-order valence-electron chi connectivity index (χ3n) is 9.52. The van der Waals surface area contributed by atoms with Crippen molar-refractivity contribution >= 4 is 54.5 Å². The van der Waals surface area contributed by atoms with Gasteiger partial charge in [0.2, 0.25) is 0 Å². The van der Waals surface area contributed by atoms with Gasteiger partial charge in [-0.25, -0.2) is 15.0 Å². The third-order valence-corrected chi connectivity index (χ3v) is 9.52. The van der Waals surface area contributed by atoms with Crippen LogP contribution in [0, 0.1) is 0 Å². The lowest BCUT2D eigenvalue weighted by Crippen LogP contribution is -2.08. The highest BCUT2D eigenvalue weighted by atomic mass is 16.3. The Hall–Kier alpha value is -6.59. The van der Waals surface area contributed by atoms with Crippen LogP contribution in [-0.4, -0.2) is 21.5 Å². The van der Waals surface area contributed by atoms with Gasteiger partial charge in [-0.3, -0.25) is 0 Å². The van der Waals surface area contributed by atoms with Crippen molar-refractivity contribution in [1.82, 2.24) is 15.0 Å². The summed E-state index contributed by atoms with van der Waals surface area (Å²) in [5, 5.41) is 12.0. The van der Waals surface area contributed by atoms with Crippen LogP contribution in [0.25, 0.3) is 83.0 Å². The van der Waals surface area contributed by atoms with Crippen LogP contribution in [0.5, 0.6) is 0 Å². The summed E-state index contributed by atoms with van der Waals surface area (Å²) in [4.78, 5) is 15.0. The van der Waals surface area contributed by atoms with Gasteiger partial charge >= 0.3 is 0 Å². The number of hydrogen-bond acceptors (Lipinski definition) is 5. The van der Waals surface area contributed by atoms with Crippen LogP contribution in [0.4, 0.5) is 5.69 Å². The Labute approximate surface area is 282 Å². The van der Waals surface area contributed by atoms with Gasteiger partial charge in [0.15, 0.2) is 23.2 Å². The number of rotatable bonds is 4. The molecule has 3 heterocycles. The van der Waals surface area contributed by atoms with Crippen molar-refractivity contribution in [2.45, 2.75) is 0 Å². The van der Waals surface area contributed by atoms with Crippen molar-refractivity contribution in [3.8, 4) is 34.2 Å². The molecule has 0 saturated carbocycles. The highest BCUT2D eigenvalue weighted by molar-refractivity contribution is 6.23. The lowest BCUT2D eigenvalue weighted by molar-refractivity contribution is 0.600. The average molecular weight is 629 g/mol. The number of benzene rings is 7. The van der Waals surface area contributed by atoms with E-state index in [1.807, 2.05) is 72.8 Å². The predicted octanol–water partition coefficient (Wildman–Crippen LogP) is 10.9. The van der Waals surface area contributed by atoms with Gasteiger partial charge in [0.25, 0.3) is 0 Å². The molecular formula is C44H28N4O. The van der Waals surface area contributed by atoms with Crippen molar-refractivity contribution in [3.63, 3.8) is 0 Å². The Morgan fingerprint density at radius 3 is 1.88 bits per heavy atom. The predicted molar refractivity (Wildman–Crippen MR) is 200 cm³/mol. The second kappa shape index (κ2) is 11.0. The smallest absolute Gasteiger partial charge is 0.164 e. The van der Waals surface area contributed by atoms with Crippen LogP contribution in [0.15, 0.2) is 156 Å². The van der Waals surface area contributed by atoms with Crippen molar-refractivity contribution < 1.29 is 4.42 Å². The van der Waals surface area contributed by atoms with Crippen LogP contribution < -0.4 is 5.32 Å². The van der Waals surface area contributed by atoms with Crippen molar-refractivity contribution in [2.75, 3.05) is 11.9 Å². The first kappa shape index (κ1) is 27.5. The van der Waals surface area contributed by atoms with E-state index in [4.69, 9.17) is 19.4 Å². The fourth-order valence-electron chi connectivity index (χ4n) is 7.30. The molecule has 0 unspecified atom stereocenters. The largest absolute Gasteiger partial charge is 0.454 e. The zero-order valence-electron chi connectivity index (χ0n) is 26.4. The molecule has 0 bridgehead atoms. The molecule has 230 valence electrons. The summed E-state index contributed by atoms with van der Waals surface area (Å²) in [5.74, 6) is 2.67. The second-order valence-electron chi connectivity index (χ2n) is 12.4. The van der Waals surface area contributed by atoms with E-state index < -0.39 is 0 Å². The fraction of sp³-hybridized carbons (Fsp3) is 0.0227. The van der Waals surface area contributed by atoms with Crippen molar-refractivity contribution in [3.05, 3.63) is 163 Å². The maximum atomic E-state index is 6.78. The van der Waals surface area contributed by atoms with Crippen LogP contribution >= 0.6 is 0 Å². The minimum atomic E-state index is 0.600. The van der Waals surface area contributed by atoms with Gasteiger partial charge in [-0.2, -0.15) is 0 Å². The molecule has 0 atom stereocenters. The molecule has 0 spiro atoms. The van der Waals surface area contributed by atoms with Crippen LogP contribution in [0.1, 0.15) is 11.3 Å². The number of anilines is 1. The van der Waals surface area contributed by atoms with Crippen molar-refractivity contribution in [1.29, 1.82) is 0 Å². The van der Waals surface area contributed by atoms with E-state index >= 15 is 0 Å². The van der Waals surface area contributed by atoms with E-state index in [2.05, 4.69) is 84.2 Å². The zero-order valence-corrected chi connectivity index (χ0v) is 26.4. The molecule has 0 saturated heterocycles. The van der Waals surface area contributed by atoms with Crippen LogP contribution in [0.3, 0.4) is 0 Å².